The maximum absolute atomic E-state index is 12.6. The molecule has 2 aromatic rings. The zero-order valence-electron chi connectivity index (χ0n) is 10.4. The zero-order chi connectivity index (χ0) is 12.7. The van der Waals surface area contributed by atoms with Crippen LogP contribution in [-0.4, -0.2) is 9.55 Å². The molecule has 1 aliphatic rings. The van der Waals surface area contributed by atoms with Crippen molar-refractivity contribution >= 4 is 33.8 Å². The van der Waals surface area contributed by atoms with Crippen molar-refractivity contribution in [2.45, 2.75) is 45.6 Å². The average Bonchev–Trinajstić information content (AvgIpc) is 2.88. The van der Waals surface area contributed by atoms with Crippen molar-refractivity contribution in [2.24, 2.45) is 0 Å². The first-order chi connectivity index (χ1) is 8.72. The maximum Gasteiger partial charge on any atom is 0.263 e. The molecule has 2 aromatic heterocycles. The molecule has 0 spiro atoms. The quantitative estimate of drug-likeness (QED) is 0.875. The smallest absolute Gasteiger partial charge is 0.263 e. The summed E-state index contributed by atoms with van der Waals surface area (Å²) in [6, 6.07) is 0. The second-order valence-electron chi connectivity index (χ2n) is 4.80. The van der Waals surface area contributed by atoms with Gasteiger partial charge >= 0.3 is 0 Å². The minimum atomic E-state index is 0.113. The summed E-state index contributed by atoms with van der Waals surface area (Å²) in [6.45, 7) is 2.85. The number of H-pyrrole nitrogens is 1. The van der Waals surface area contributed by atoms with Gasteiger partial charge in [0.2, 0.25) is 0 Å². The van der Waals surface area contributed by atoms with Gasteiger partial charge in [0.1, 0.15) is 4.83 Å². The van der Waals surface area contributed by atoms with E-state index >= 15 is 0 Å². The van der Waals surface area contributed by atoms with Gasteiger partial charge in [-0.05, 0) is 43.5 Å². The largest absolute Gasteiger partial charge is 0.323 e. The van der Waals surface area contributed by atoms with Crippen LogP contribution in [0.4, 0.5) is 0 Å². The van der Waals surface area contributed by atoms with Crippen molar-refractivity contribution in [3.63, 3.8) is 0 Å². The van der Waals surface area contributed by atoms with Crippen LogP contribution >= 0.6 is 23.6 Å². The standard InChI is InChI=1S/C13H16N2OS2/c1-2-3-7-15-12(16)10-8-5-4-6-9(8)18-11(10)14-13(15)17/h2-7H2,1H3,(H,14,17). The Morgan fingerprint density at radius 3 is 3.06 bits per heavy atom. The molecule has 0 aliphatic heterocycles. The second-order valence-corrected chi connectivity index (χ2v) is 6.29. The summed E-state index contributed by atoms with van der Waals surface area (Å²) in [5.41, 5.74) is 1.39. The van der Waals surface area contributed by atoms with E-state index in [4.69, 9.17) is 12.2 Å². The topological polar surface area (TPSA) is 37.8 Å². The molecule has 5 heteroatoms. The van der Waals surface area contributed by atoms with Crippen LogP contribution in [-0.2, 0) is 19.4 Å². The molecule has 0 saturated heterocycles. The van der Waals surface area contributed by atoms with Crippen molar-refractivity contribution in [2.75, 3.05) is 0 Å². The Labute approximate surface area is 114 Å². The van der Waals surface area contributed by atoms with Crippen LogP contribution in [0.25, 0.3) is 10.2 Å². The van der Waals surface area contributed by atoms with Gasteiger partial charge in [-0.1, -0.05) is 13.3 Å². The zero-order valence-corrected chi connectivity index (χ0v) is 12.0. The van der Waals surface area contributed by atoms with Gasteiger partial charge in [-0.3, -0.25) is 9.36 Å². The highest BCUT2D eigenvalue weighted by atomic mass is 32.1. The van der Waals surface area contributed by atoms with Crippen LogP contribution in [0.5, 0.6) is 0 Å². The summed E-state index contributed by atoms with van der Waals surface area (Å²) >= 11 is 7.01. The molecule has 0 amide bonds. The fourth-order valence-electron chi connectivity index (χ4n) is 2.63. The van der Waals surface area contributed by atoms with Crippen molar-refractivity contribution in [3.8, 4) is 0 Å². The molecular weight excluding hydrogens is 264 g/mol. The summed E-state index contributed by atoms with van der Waals surface area (Å²) in [5.74, 6) is 0. The highest BCUT2D eigenvalue weighted by Gasteiger charge is 2.21. The van der Waals surface area contributed by atoms with E-state index in [0.29, 0.717) is 4.77 Å². The molecule has 0 fully saturated rings. The first-order valence-electron chi connectivity index (χ1n) is 6.49. The lowest BCUT2D eigenvalue weighted by Gasteiger charge is -2.05. The van der Waals surface area contributed by atoms with Crippen LogP contribution in [0.1, 0.15) is 36.6 Å². The normalized spacial score (nSPS) is 14.3. The number of thiophene rings is 1. The van der Waals surface area contributed by atoms with Crippen LogP contribution in [0.3, 0.4) is 0 Å². The lowest BCUT2D eigenvalue weighted by Crippen LogP contribution is -2.22. The monoisotopic (exact) mass is 280 g/mol. The summed E-state index contributed by atoms with van der Waals surface area (Å²) in [4.78, 5) is 18.1. The van der Waals surface area contributed by atoms with E-state index in [1.807, 2.05) is 0 Å². The Morgan fingerprint density at radius 2 is 2.28 bits per heavy atom. The highest BCUT2D eigenvalue weighted by Crippen LogP contribution is 2.34. The third kappa shape index (κ3) is 1.77. The van der Waals surface area contributed by atoms with Gasteiger partial charge in [0.05, 0.1) is 5.39 Å². The molecule has 18 heavy (non-hydrogen) atoms. The lowest BCUT2D eigenvalue weighted by atomic mass is 10.2. The predicted molar refractivity (Wildman–Crippen MR) is 78.2 cm³/mol. The number of aromatic nitrogens is 2. The molecule has 1 aliphatic carbocycles. The molecular formula is C13H16N2OS2. The van der Waals surface area contributed by atoms with E-state index in [9.17, 15) is 4.79 Å². The molecule has 0 saturated carbocycles. The van der Waals surface area contributed by atoms with Crippen LogP contribution in [0.2, 0.25) is 0 Å². The molecule has 3 rings (SSSR count). The lowest BCUT2D eigenvalue weighted by molar-refractivity contribution is 0.601. The van der Waals surface area contributed by atoms with Crippen LogP contribution < -0.4 is 5.56 Å². The Kier molecular flexibility index (Phi) is 3.11. The molecule has 0 aromatic carbocycles. The van der Waals surface area contributed by atoms with E-state index in [1.165, 1.54) is 16.9 Å². The summed E-state index contributed by atoms with van der Waals surface area (Å²) < 4.78 is 2.30. The van der Waals surface area contributed by atoms with Gasteiger partial charge in [0, 0.05) is 11.4 Å². The van der Waals surface area contributed by atoms with E-state index in [2.05, 4.69) is 11.9 Å². The summed E-state index contributed by atoms with van der Waals surface area (Å²) in [5, 5.41) is 0.900. The van der Waals surface area contributed by atoms with Gasteiger partial charge in [-0.25, -0.2) is 0 Å². The Hall–Kier alpha value is -0.940. The van der Waals surface area contributed by atoms with Gasteiger partial charge in [0.25, 0.3) is 5.56 Å². The highest BCUT2D eigenvalue weighted by molar-refractivity contribution is 7.71. The number of nitrogens with zero attached hydrogens (tertiary/aromatic N) is 1. The molecule has 3 nitrogen and oxygen atoms in total. The number of fused-ring (bicyclic) bond motifs is 3. The average molecular weight is 280 g/mol. The van der Waals surface area contributed by atoms with E-state index in [-0.39, 0.29) is 5.56 Å². The third-order valence-electron chi connectivity index (χ3n) is 3.58. The van der Waals surface area contributed by atoms with Gasteiger partial charge in [0.15, 0.2) is 4.77 Å². The number of hydrogen-bond donors (Lipinski definition) is 1. The maximum atomic E-state index is 12.6. The van der Waals surface area contributed by atoms with Crippen LogP contribution in [0.15, 0.2) is 4.79 Å². The Balaban J connectivity index is 2.26. The molecule has 0 unspecified atom stereocenters. The number of aryl methyl sites for hydroxylation is 2. The molecule has 0 bridgehead atoms. The third-order valence-corrected chi connectivity index (χ3v) is 5.11. The van der Waals surface area contributed by atoms with E-state index in [1.54, 1.807) is 15.9 Å². The number of nitrogens with one attached hydrogen (secondary N) is 1. The molecule has 2 heterocycles. The van der Waals surface area contributed by atoms with Gasteiger partial charge < -0.3 is 4.98 Å². The van der Waals surface area contributed by atoms with Crippen molar-refractivity contribution in [3.05, 3.63) is 25.6 Å². The minimum Gasteiger partial charge on any atom is -0.323 e. The van der Waals surface area contributed by atoms with Crippen LogP contribution in [0, 0.1) is 4.77 Å². The number of aromatic amines is 1. The van der Waals surface area contributed by atoms with Crippen molar-refractivity contribution < 1.29 is 0 Å². The van der Waals surface area contributed by atoms with E-state index in [0.717, 1.165) is 42.4 Å². The van der Waals surface area contributed by atoms with Crippen molar-refractivity contribution in [1.82, 2.24) is 9.55 Å². The SMILES string of the molecule is CCCCn1c(=S)[nH]c2sc3c(c2c1=O)CCC3. The van der Waals surface area contributed by atoms with Gasteiger partial charge in [-0.15, -0.1) is 11.3 Å². The Morgan fingerprint density at radius 1 is 1.44 bits per heavy atom. The first-order valence-corrected chi connectivity index (χ1v) is 7.72. The minimum absolute atomic E-state index is 0.113. The Bertz CT molecular complexity index is 708. The van der Waals surface area contributed by atoms with Crippen molar-refractivity contribution in [1.29, 1.82) is 0 Å². The number of rotatable bonds is 3. The number of unbranched alkanes of at least 4 members (excludes halogenated alkanes) is 1. The van der Waals surface area contributed by atoms with Gasteiger partial charge in [-0.2, -0.15) is 0 Å². The first kappa shape index (κ1) is 12.1. The predicted octanol–water partition coefficient (Wildman–Crippen LogP) is 3.41. The molecule has 1 N–H and O–H groups in total. The second kappa shape index (κ2) is 4.63. The van der Waals surface area contributed by atoms with E-state index < -0.39 is 0 Å². The summed E-state index contributed by atoms with van der Waals surface area (Å²) in [7, 11) is 0. The summed E-state index contributed by atoms with van der Waals surface area (Å²) in [6.07, 6.45) is 5.41. The molecule has 0 radical (unpaired) electrons. The molecule has 96 valence electrons. The fraction of sp³-hybridized carbons (Fsp3) is 0.538. The fourth-order valence-corrected chi connectivity index (χ4v) is 4.25. The number of hydrogen-bond acceptors (Lipinski definition) is 3. The molecule has 0 atom stereocenters.